The van der Waals surface area contributed by atoms with Crippen molar-refractivity contribution in [2.75, 3.05) is 6.54 Å². The third-order valence-electron chi connectivity index (χ3n) is 2.27. The van der Waals surface area contributed by atoms with E-state index in [1.165, 1.54) is 0 Å². The molecule has 1 saturated heterocycles. The SMILES string of the molecule is O=C1NCC(c2cc3ncccn3n2)O1. The minimum absolute atomic E-state index is 0.306. The first-order valence-corrected chi connectivity index (χ1v) is 4.58. The molecule has 0 bridgehead atoms. The first-order valence-electron chi connectivity index (χ1n) is 4.58. The fourth-order valence-corrected chi connectivity index (χ4v) is 1.56. The summed E-state index contributed by atoms with van der Waals surface area (Å²) in [5, 5.41) is 6.85. The molecule has 1 aliphatic rings. The third-order valence-corrected chi connectivity index (χ3v) is 2.27. The molecule has 6 nitrogen and oxygen atoms in total. The summed E-state index contributed by atoms with van der Waals surface area (Å²) in [7, 11) is 0. The molecule has 15 heavy (non-hydrogen) atoms. The Morgan fingerprint density at radius 1 is 1.60 bits per heavy atom. The number of amides is 1. The number of fused-ring (bicyclic) bond motifs is 1. The average Bonchev–Trinajstić information content (AvgIpc) is 2.82. The number of carbonyl (C=O) groups excluding carboxylic acids is 1. The Morgan fingerprint density at radius 3 is 3.27 bits per heavy atom. The number of ether oxygens (including phenoxy) is 1. The highest BCUT2D eigenvalue weighted by Gasteiger charge is 2.26. The number of hydrogen-bond acceptors (Lipinski definition) is 4. The molecule has 1 atom stereocenters. The van der Waals surface area contributed by atoms with Crippen LogP contribution < -0.4 is 5.32 Å². The lowest BCUT2D eigenvalue weighted by molar-refractivity contribution is 0.139. The van der Waals surface area contributed by atoms with E-state index in [0.717, 1.165) is 5.65 Å². The lowest BCUT2D eigenvalue weighted by atomic mass is 10.2. The number of rotatable bonds is 1. The van der Waals surface area contributed by atoms with Gasteiger partial charge in [0.25, 0.3) is 0 Å². The van der Waals surface area contributed by atoms with Crippen molar-refractivity contribution in [2.24, 2.45) is 0 Å². The Morgan fingerprint density at radius 2 is 2.53 bits per heavy atom. The molecule has 0 saturated carbocycles. The van der Waals surface area contributed by atoms with Gasteiger partial charge in [-0.05, 0) is 6.07 Å². The van der Waals surface area contributed by atoms with Crippen LogP contribution in [0.15, 0.2) is 24.5 Å². The number of aromatic nitrogens is 3. The largest absolute Gasteiger partial charge is 0.438 e. The van der Waals surface area contributed by atoms with Crippen LogP contribution in [0.25, 0.3) is 5.65 Å². The second-order valence-corrected chi connectivity index (χ2v) is 3.27. The van der Waals surface area contributed by atoms with Crippen LogP contribution in [0.4, 0.5) is 4.79 Å². The molecule has 1 amide bonds. The molecular weight excluding hydrogens is 196 g/mol. The average molecular weight is 204 g/mol. The molecule has 0 aliphatic carbocycles. The van der Waals surface area contributed by atoms with E-state index in [2.05, 4.69) is 15.4 Å². The van der Waals surface area contributed by atoms with E-state index in [1.54, 1.807) is 23.0 Å². The first kappa shape index (κ1) is 8.22. The predicted molar refractivity (Wildman–Crippen MR) is 50.2 cm³/mol. The summed E-state index contributed by atoms with van der Waals surface area (Å²) in [5.74, 6) is 0. The number of carbonyl (C=O) groups is 1. The number of hydrogen-bond donors (Lipinski definition) is 1. The van der Waals surface area contributed by atoms with Gasteiger partial charge in [0.1, 0.15) is 5.69 Å². The zero-order valence-corrected chi connectivity index (χ0v) is 7.75. The van der Waals surface area contributed by atoms with E-state index in [9.17, 15) is 4.79 Å². The Balaban J connectivity index is 2.01. The van der Waals surface area contributed by atoms with Crippen molar-refractivity contribution in [1.29, 1.82) is 0 Å². The van der Waals surface area contributed by atoms with Crippen molar-refractivity contribution in [3.63, 3.8) is 0 Å². The molecule has 0 spiro atoms. The second kappa shape index (κ2) is 2.94. The van der Waals surface area contributed by atoms with Gasteiger partial charge < -0.3 is 10.1 Å². The molecule has 1 fully saturated rings. The van der Waals surface area contributed by atoms with E-state index < -0.39 is 6.09 Å². The van der Waals surface area contributed by atoms with Crippen LogP contribution in [0.2, 0.25) is 0 Å². The van der Waals surface area contributed by atoms with Gasteiger partial charge in [0.05, 0.1) is 6.54 Å². The molecule has 2 aromatic rings. The summed E-state index contributed by atoms with van der Waals surface area (Å²) in [6.45, 7) is 0.461. The molecular formula is C9H8N4O2. The zero-order valence-electron chi connectivity index (χ0n) is 7.75. The van der Waals surface area contributed by atoms with Gasteiger partial charge in [0.15, 0.2) is 11.8 Å². The second-order valence-electron chi connectivity index (χ2n) is 3.27. The van der Waals surface area contributed by atoms with Crippen molar-refractivity contribution in [2.45, 2.75) is 6.10 Å². The Hall–Kier alpha value is -2.11. The van der Waals surface area contributed by atoms with E-state index >= 15 is 0 Å². The van der Waals surface area contributed by atoms with Crippen molar-refractivity contribution >= 4 is 11.7 Å². The topological polar surface area (TPSA) is 68.5 Å². The van der Waals surface area contributed by atoms with Gasteiger partial charge in [-0.25, -0.2) is 14.3 Å². The molecule has 1 aliphatic heterocycles. The van der Waals surface area contributed by atoms with E-state index in [-0.39, 0.29) is 6.10 Å². The summed E-state index contributed by atoms with van der Waals surface area (Å²) in [6, 6.07) is 3.60. The highest BCUT2D eigenvalue weighted by molar-refractivity contribution is 5.69. The fraction of sp³-hybridized carbons (Fsp3) is 0.222. The maximum absolute atomic E-state index is 10.9. The molecule has 3 heterocycles. The van der Waals surface area contributed by atoms with Crippen molar-refractivity contribution in [3.8, 4) is 0 Å². The molecule has 1 unspecified atom stereocenters. The van der Waals surface area contributed by atoms with Gasteiger partial charge in [0.2, 0.25) is 0 Å². The molecule has 0 aromatic carbocycles. The Kier molecular flexibility index (Phi) is 1.61. The van der Waals surface area contributed by atoms with Gasteiger partial charge in [-0.3, -0.25) is 0 Å². The minimum Gasteiger partial charge on any atom is -0.438 e. The van der Waals surface area contributed by atoms with Gasteiger partial charge in [0, 0.05) is 18.5 Å². The highest BCUT2D eigenvalue weighted by atomic mass is 16.6. The fourth-order valence-electron chi connectivity index (χ4n) is 1.56. The maximum Gasteiger partial charge on any atom is 0.408 e. The molecule has 1 N–H and O–H groups in total. The van der Waals surface area contributed by atoms with Gasteiger partial charge in [-0.2, -0.15) is 5.10 Å². The molecule has 0 radical (unpaired) electrons. The lowest BCUT2D eigenvalue weighted by Gasteiger charge is -2.01. The van der Waals surface area contributed by atoms with Crippen LogP contribution in [0.3, 0.4) is 0 Å². The van der Waals surface area contributed by atoms with Crippen LogP contribution in [0, 0.1) is 0 Å². The number of nitrogens with zero attached hydrogens (tertiary/aromatic N) is 3. The third kappa shape index (κ3) is 1.30. The zero-order chi connectivity index (χ0) is 10.3. The quantitative estimate of drug-likeness (QED) is 0.734. The van der Waals surface area contributed by atoms with E-state index in [4.69, 9.17) is 4.74 Å². The first-order chi connectivity index (χ1) is 7.33. The van der Waals surface area contributed by atoms with Crippen LogP contribution >= 0.6 is 0 Å². The van der Waals surface area contributed by atoms with E-state index in [0.29, 0.717) is 12.2 Å². The van der Waals surface area contributed by atoms with Gasteiger partial charge >= 0.3 is 6.09 Å². The monoisotopic (exact) mass is 204 g/mol. The Bertz CT molecular complexity index is 489. The normalized spacial score (nSPS) is 20.3. The smallest absolute Gasteiger partial charge is 0.408 e. The summed E-state index contributed by atoms with van der Waals surface area (Å²) in [6.07, 6.45) is 2.79. The summed E-state index contributed by atoms with van der Waals surface area (Å²) in [4.78, 5) is 15.0. The summed E-state index contributed by atoms with van der Waals surface area (Å²) >= 11 is 0. The molecule has 3 rings (SSSR count). The minimum atomic E-state index is -0.398. The number of alkyl carbamates (subject to hydrolysis) is 1. The molecule has 6 heteroatoms. The van der Waals surface area contributed by atoms with Crippen molar-refractivity contribution in [3.05, 3.63) is 30.2 Å². The van der Waals surface area contributed by atoms with Crippen LogP contribution in [0.5, 0.6) is 0 Å². The maximum atomic E-state index is 10.9. The van der Waals surface area contributed by atoms with Crippen LogP contribution in [0.1, 0.15) is 11.8 Å². The summed E-state index contributed by atoms with van der Waals surface area (Å²) < 4.78 is 6.68. The van der Waals surface area contributed by atoms with Crippen LogP contribution in [-0.2, 0) is 4.74 Å². The Labute approximate surface area is 84.9 Å². The predicted octanol–water partition coefficient (Wildman–Crippen LogP) is 0.510. The van der Waals surface area contributed by atoms with Gasteiger partial charge in [-0.1, -0.05) is 0 Å². The van der Waals surface area contributed by atoms with Gasteiger partial charge in [-0.15, -0.1) is 0 Å². The molecule has 2 aromatic heterocycles. The van der Waals surface area contributed by atoms with E-state index in [1.807, 2.05) is 6.07 Å². The van der Waals surface area contributed by atoms with Crippen molar-refractivity contribution < 1.29 is 9.53 Å². The highest BCUT2D eigenvalue weighted by Crippen LogP contribution is 2.19. The van der Waals surface area contributed by atoms with Crippen molar-refractivity contribution in [1.82, 2.24) is 19.9 Å². The summed E-state index contributed by atoms with van der Waals surface area (Å²) in [5.41, 5.74) is 1.46. The van der Waals surface area contributed by atoms with Crippen LogP contribution in [-0.4, -0.2) is 27.2 Å². The lowest BCUT2D eigenvalue weighted by Crippen LogP contribution is -2.12. The molecule has 76 valence electrons. The number of cyclic esters (lactones) is 1. The number of nitrogens with one attached hydrogen (secondary N) is 1. The standard InChI is InChI=1S/C9H8N4O2/c14-9-11-5-7(15-9)6-4-8-10-2-1-3-13(8)12-6/h1-4,7H,5H2,(H,11,14).